The van der Waals surface area contributed by atoms with Crippen molar-refractivity contribution in [3.63, 3.8) is 0 Å². The molecule has 0 radical (unpaired) electrons. The Morgan fingerprint density at radius 1 is 0.741 bits per heavy atom. The van der Waals surface area contributed by atoms with Gasteiger partial charge in [0.1, 0.15) is 11.5 Å². The number of hydrogen-bond acceptors (Lipinski definition) is 2. The molecule has 2 rings (SSSR count). The molecule has 0 amide bonds. The average Bonchev–Trinajstić information content (AvgIpc) is 2.67. The summed E-state index contributed by atoms with van der Waals surface area (Å²) in [6.45, 7) is 4.02. The van der Waals surface area contributed by atoms with Gasteiger partial charge in [0, 0.05) is 10.7 Å². The highest BCUT2D eigenvalue weighted by molar-refractivity contribution is 9.12. The number of alkyl halides is 2. The van der Waals surface area contributed by atoms with Crippen LogP contribution in [0.2, 0.25) is 0 Å². The molecule has 0 N–H and O–H groups in total. The van der Waals surface area contributed by atoms with Gasteiger partial charge in [-0.3, -0.25) is 0 Å². The van der Waals surface area contributed by atoms with Crippen LogP contribution in [0.15, 0.2) is 69.0 Å². The third kappa shape index (κ3) is 7.41. The molecule has 0 aromatic heterocycles. The van der Waals surface area contributed by atoms with Gasteiger partial charge < -0.3 is 9.47 Å². The highest BCUT2D eigenvalue weighted by Crippen LogP contribution is 2.25. The Morgan fingerprint density at radius 2 is 1.15 bits per heavy atom. The predicted octanol–water partition coefficient (Wildman–Crippen LogP) is 8.08. The first kappa shape index (κ1) is 22.7. The molecule has 0 saturated heterocycles. The largest absolute Gasteiger partial charge is 0.450 e. The minimum absolute atomic E-state index is 0.741. The minimum Gasteiger partial charge on any atom is -0.450 e. The maximum Gasteiger partial charge on any atom is 0.169 e. The lowest BCUT2D eigenvalue weighted by Crippen LogP contribution is -1.96. The molecule has 0 unspecified atom stereocenters. The van der Waals surface area contributed by atoms with Gasteiger partial charge >= 0.3 is 0 Å². The van der Waals surface area contributed by atoms with Crippen LogP contribution in [0.1, 0.15) is 25.0 Å². The first-order chi connectivity index (χ1) is 12.9. The molecule has 144 valence electrons. The number of rotatable bonds is 8. The summed E-state index contributed by atoms with van der Waals surface area (Å²) in [5, 5.41) is 1.53. The summed E-state index contributed by atoms with van der Waals surface area (Å²) in [7, 11) is 0. The maximum atomic E-state index is 5.89. The molecule has 0 saturated carbocycles. The van der Waals surface area contributed by atoms with E-state index < -0.39 is 0 Å². The van der Waals surface area contributed by atoms with E-state index in [2.05, 4.69) is 88.0 Å². The van der Waals surface area contributed by atoms with Gasteiger partial charge in [0.15, 0.2) is 9.34 Å². The maximum absolute atomic E-state index is 5.89. The lowest BCUT2D eigenvalue weighted by atomic mass is 10.0. The standard InChI is InChI=1S/C21H20Br4O2/c1-14(12-22)20(24)26-18-7-3-5-16(10-18)9-17-6-4-8-19(11-17)27-21(25)15(2)13-23/h3-8,10-11H,9,12-13H2,1-2H3/b20-14+,21-15+. The van der Waals surface area contributed by atoms with Crippen LogP contribution in [0.25, 0.3) is 0 Å². The zero-order valence-electron chi connectivity index (χ0n) is 15.1. The molecular weight excluding hydrogens is 604 g/mol. The van der Waals surface area contributed by atoms with Gasteiger partial charge in [0.25, 0.3) is 0 Å². The van der Waals surface area contributed by atoms with E-state index in [9.17, 15) is 0 Å². The van der Waals surface area contributed by atoms with Crippen LogP contribution in [0.3, 0.4) is 0 Å². The predicted molar refractivity (Wildman–Crippen MR) is 128 cm³/mol. The summed E-state index contributed by atoms with van der Waals surface area (Å²) >= 11 is 13.8. The Kier molecular flexibility index (Phi) is 9.63. The molecule has 0 aliphatic carbocycles. The highest BCUT2D eigenvalue weighted by atomic mass is 79.9. The molecule has 0 fully saturated rings. The van der Waals surface area contributed by atoms with Crippen molar-refractivity contribution in [1.82, 2.24) is 0 Å². The van der Waals surface area contributed by atoms with Crippen LogP contribution in [-0.2, 0) is 6.42 Å². The van der Waals surface area contributed by atoms with E-state index in [1.54, 1.807) is 0 Å². The minimum atomic E-state index is 0.741. The Hall–Kier alpha value is -0.560. The fourth-order valence-electron chi connectivity index (χ4n) is 2.16. The number of ether oxygens (including phenoxy) is 2. The van der Waals surface area contributed by atoms with Crippen molar-refractivity contribution in [3.05, 3.63) is 80.1 Å². The molecule has 0 aliphatic heterocycles. The van der Waals surface area contributed by atoms with E-state index in [-0.39, 0.29) is 0 Å². The van der Waals surface area contributed by atoms with Crippen molar-refractivity contribution >= 4 is 63.7 Å². The number of halogens is 4. The molecule has 27 heavy (non-hydrogen) atoms. The molecule has 6 heteroatoms. The summed E-state index contributed by atoms with van der Waals surface area (Å²) in [4.78, 5) is 0. The van der Waals surface area contributed by atoms with Gasteiger partial charge in [-0.15, -0.1) is 0 Å². The third-order valence-electron chi connectivity index (χ3n) is 3.69. The van der Waals surface area contributed by atoms with Gasteiger partial charge in [-0.2, -0.15) is 0 Å². The SMILES string of the molecule is C/C(CBr)=C(/Br)Oc1cccc(Cc2cccc(O/C(Br)=C(\C)CBr)c2)c1. The second-order valence-corrected chi connectivity index (χ2v) is 8.61. The second kappa shape index (κ2) is 11.4. The second-order valence-electron chi connectivity index (χ2n) is 6.05. The Labute approximate surface area is 194 Å². The van der Waals surface area contributed by atoms with Crippen molar-refractivity contribution in [3.8, 4) is 11.5 Å². The van der Waals surface area contributed by atoms with Crippen LogP contribution in [0, 0.1) is 0 Å². The van der Waals surface area contributed by atoms with Gasteiger partial charge in [-0.05, 0) is 98.7 Å². The summed E-state index contributed by atoms with van der Waals surface area (Å²) in [6, 6.07) is 16.2. The topological polar surface area (TPSA) is 18.5 Å². The summed E-state index contributed by atoms with van der Waals surface area (Å²) in [5.41, 5.74) is 4.55. The monoisotopic (exact) mass is 620 g/mol. The van der Waals surface area contributed by atoms with Gasteiger partial charge in [0.2, 0.25) is 0 Å². The van der Waals surface area contributed by atoms with E-state index >= 15 is 0 Å². The van der Waals surface area contributed by atoms with Crippen LogP contribution < -0.4 is 9.47 Å². The van der Waals surface area contributed by atoms with Crippen molar-refractivity contribution < 1.29 is 9.47 Å². The molecule has 2 aromatic carbocycles. The van der Waals surface area contributed by atoms with Gasteiger partial charge in [0.05, 0.1) is 0 Å². The molecule has 0 atom stereocenters. The fourth-order valence-corrected chi connectivity index (χ4v) is 4.08. The molecule has 0 heterocycles. The van der Waals surface area contributed by atoms with Crippen molar-refractivity contribution in [2.45, 2.75) is 20.3 Å². The van der Waals surface area contributed by atoms with Crippen molar-refractivity contribution in [1.29, 1.82) is 0 Å². The van der Waals surface area contributed by atoms with E-state index in [1.165, 1.54) is 11.1 Å². The van der Waals surface area contributed by atoms with Gasteiger partial charge in [-0.1, -0.05) is 56.1 Å². The zero-order valence-corrected chi connectivity index (χ0v) is 21.4. The normalized spacial score (nSPS) is 13.0. The summed E-state index contributed by atoms with van der Waals surface area (Å²) in [5.74, 6) is 1.62. The molecule has 2 nitrogen and oxygen atoms in total. The molecule has 2 aromatic rings. The Bertz CT molecular complexity index is 774. The fraction of sp³-hybridized carbons (Fsp3) is 0.238. The average molecular weight is 624 g/mol. The van der Waals surface area contributed by atoms with Crippen LogP contribution in [0.4, 0.5) is 0 Å². The Morgan fingerprint density at radius 3 is 1.52 bits per heavy atom. The lowest BCUT2D eigenvalue weighted by molar-refractivity contribution is 0.463. The molecule has 0 aliphatic rings. The molecular formula is C21H20Br4O2. The first-order valence-electron chi connectivity index (χ1n) is 8.29. The Balaban J connectivity index is 2.14. The third-order valence-corrected chi connectivity index (χ3v) is 7.05. The number of benzene rings is 2. The first-order valence-corrected chi connectivity index (χ1v) is 12.1. The van der Waals surface area contributed by atoms with E-state index in [0.717, 1.165) is 49.1 Å². The number of hydrogen-bond donors (Lipinski definition) is 0. The van der Waals surface area contributed by atoms with E-state index in [0.29, 0.717) is 0 Å². The van der Waals surface area contributed by atoms with Crippen molar-refractivity contribution in [2.24, 2.45) is 0 Å². The summed E-state index contributed by atoms with van der Waals surface area (Å²) in [6.07, 6.45) is 0.798. The van der Waals surface area contributed by atoms with Crippen LogP contribution in [-0.4, -0.2) is 10.7 Å². The van der Waals surface area contributed by atoms with E-state index in [1.807, 2.05) is 38.1 Å². The quantitative estimate of drug-likeness (QED) is 0.219. The van der Waals surface area contributed by atoms with Gasteiger partial charge in [-0.25, -0.2) is 0 Å². The van der Waals surface area contributed by atoms with E-state index in [4.69, 9.17) is 9.47 Å². The zero-order chi connectivity index (χ0) is 19.8. The smallest absolute Gasteiger partial charge is 0.169 e. The lowest BCUT2D eigenvalue weighted by Gasteiger charge is -2.10. The highest BCUT2D eigenvalue weighted by Gasteiger charge is 2.06. The van der Waals surface area contributed by atoms with Crippen LogP contribution >= 0.6 is 63.7 Å². The summed E-state index contributed by atoms with van der Waals surface area (Å²) < 4.78 is 13.3. The van der Waals surface area contributed by atoms with Crippen molar-refractivity contribution in [2.75, 3.05) is 10.7 Å². The number of allylic oxidation sites excluding steroid dienone is 2. The molecule has 0 bridgehead atoms. The molecule has 0 spiro atoms. The van der Waals surface area contributed by atoms with Crippen LogP contribution in [0.5, 0.6) is 11.5 Å².